The molecule has 0 radical (unpaired) electrons. The first-order valence-electron chi connectivity index (χ1n) is 9.20. The quantitative estimate of drug-likeness (QED) is 0.737. The summed E-state index contributed by atoms with van der Waals surface area (Å²) in [6.45, 7) is 3.83. The van der Waals surface area contributed by atoms with Crippen LogP contribution in [0.2, 0.25) is 0 Å². The van der Waals surface area contributed by atoms with Gasteiger partial charge in [0, 0.05) is 37.2 Å². The molecule has 0 saturated carbocycles. The minimum atomic E-state index is -3.51. The van der Waals surface area contributed by atoms with Gasteiger partial charge in [-0.2, -0.15) is 4.31 Å². The van der Waals surface area contributed by atoms with Gasteiger partial charge >= 0.3 is 6.03 Å². The van der Waals surface area contributed by atoms with Crippen LogP contribution in [0.3, 0.4) is 0 Å². The lowest BCUT2D eigenvalue weighted by Crippen LogP contribution is -2.53. The van der Waals surface area contributed by atoms with Crippen LogP contribution in [0, 0.1) is 6.92 Å². The number of nitrogens with one attached hydrogen (secondary N) is 1. The number of aryl methyl sites for hydroxylation is 1. The van der Waals surface area contributed by atoms with E-state index in [-0.39, 0.29) is 6.03 Å². The van der Waals surface area contributed by atoms with Crippen LogP contribution >= 0.6 is 15.9 Å². The lowest BCUT2D eigenvalue weighted by atomic mass is 10.1. The Hall–Kier alpha value is -1.90. The molecule has 0 bridgehead atoms. The number of halogens is 1. The van der Waals surface area contributed by atoms with E-state index in [0.717, 1.165) is 22.0 Å². The molecule has 0 spiro atoms. The number of rotatable bonds is 5. The first-order valence-corrected chi connectivity index (χ1v) is 11.4. The Balaban J connectivity index is 1.49. The Morgan fingerprint density at radius 1 is 1.07 bits per heavy atom. The van der Waals surface area contributed by atoms with Crippen molar-refractivity contribution in [3.8, 4) is 0 Å². The molecule has 0 unspecified atom stereocenters. The molecular formula is C20H24BrN3O3S. The van der Waals surface area contributed by atoms with E-state index < -0.39 is 10.0 Å². The number of hydrogen-bond acceptors (Lipinski definition) is 3. The number of hydrogen-bond donors (Lipinski definition) is 1. The van der Waals surface area contributed by atoms with Gasteiger partial charge in [-0.05, 0) is 43.2 Å². The predicted molar refractivity (Wildman–Crippen MR) is 113 cm³/mol. The average Bonchev–Trinajstić information content (AvgIpc) is 2.68. The Kier molecular flexibility index (Phi) is 6.74. The van der Waals surface area contributed by atoms with Crippen molar-refractivity contribution in [2.75, 3.05) is 32.7 Å². The molecule has 1 fully saturated rings. The molecule has 28 heavy (non-hydrogen) atoms. The summed E-state index contributed by atoms with van der Waals surface area (Å²) < 4.78 is 27.9. The summed E-state index contributed by atoms with van der Waals surface area (Å²) >= 11 is 3.44. The zero-order valence-corrected chi connectivity index (χ0v) is 18.2. The molecule has 2 amide bonds. The fraction of sp³-hybridized carbons (Fsp3) is 0.350. The third kappa shape index (κ3) is 5.12. The lowest BCUT2D eigenvalue weighted by Gasteiger charge is -2.34. The van der Waals surface area contributed by atoms with Gasteiger partial charge in [-0.25, -0.2) is 13.2 Å². The number of urea groups is 1. The second-order valence-corrected chi connectivity index (χ2v) is 9.67. The molecule has 1 aliphatic rings. The lowest BCUT2D eigenvalue weighted by molar-refractivity contribution is 0.172. The van der Waals surface area contributed by atoms with E-state index in [1.54, 1.807) is 29.2 Å². The predicted octanol–water partition coefficient (Wildman–Crippen LogP) is 3.02. The second-order valence-electron chi connectivity index (χ2n) is 6.82. The van der Waals surface area contributed by atoms with Gasteiger partial charge < -0.3 is 10.2 Å². The first kappa shape index (κ1) is 20.8. The molecular weight excluding hydrogens is 442 g/mol. The van der Waals surface area contributed by atoms with Crippen LogP contribution in [-0.4, -0.2) is 56.4 Å². The van der Waals surface area contributed by atoms with Crippen molar-refractivity contribution in [3.05, 3.63) is 64.1 Å². The summed E-state index contributed by atoms with van der Waals surface area (Å²) in [7, 11) is -3.51. The molecule has 1 heterocycles. The zero-order valence-electron chi connectivity index (χ0n) is 15.8. The van der Waals surface area contributed by atoms with Gasteiger partial charge in [-0.15, -0.1) is 0 Å². The molecule has 6 nitrogen and oxygen atoms in total. The minimum absolute atomic E-state index is 0.151. The van der Waals surface area contributed by atoms with E-state index in [1.165, 1.54) is 4.31 Å². The van der Waals surface area contributed by atoms with Crippen LogP contribution < -0.4 is 5.32 Å². The highest BCUT2D eigenvalue weighted by molar-refractivity contribution is 9.10. The number of carbonyl (C=O) groups is 1. The van der Waals surface area contributed by atoms with Crippen molar-refractivity contribution < 1.29 is 13.2 Å². The average molecular weight is 466 g/mol. The highest BCUT2D eigenvalue weighted by Crippen LogP contribution is 2.18. The van der Waals surface area contributed by atoms with Gasteiger partial charge in [-0.1, -0.05) is 45.8 Å². The zero-order chi connectivity index (χ0) is 20.1. The maximum atomic E-state index is 12.7. The molecule has 1 N–H and O–H groups in total. The number of benzene rings is 2. The molecule has 150 valence electrons. The summed E-state index contributed by atoms with van der Waals surface area (Å²) in [4.78, 5) is 14.3. The van der Waals surface area contributed by atoms with E-state index >= 15 is 0 Å². The highest BCUT2D eigenvalue weighted by atomic mass is 79.9. The van der Waals surface area contributed by atoms with Gasteiger partial charge in [0.1, 0.15) is 0 Å². The van der Waals surface area contributed by atoms with Gasteiger partial charge in [0.05, 0.1) is 4.90 Å². The van der Waals surface area contributed by atoms with Crippen molar-refractivity contribution >= 4 is 32.0 Å². The maximum absolute atomic E-state index is 12.7. The van der Waals surface area contributed by atoms with E-state index in [1.807, 2.05) is 31.2 Å². The minimum Gasteiger partial charge on any atom is -0.338 e. The third-order valence-electron chi connectivity index (χ3n) is 4.76. The maximum Gasteiger partial charge on any atom is 0.317 e. The fourth-order valence-corrected chi connectivity index (χ4v) is 4.98. The van der Waals surface area contributed by atoms with Crippen molar-refractivity contribution in [1.29, 1.82) is 0 Å². The summed E-state index contributed by atoms with van der Waals surface area (Å²) in [5.41, 5.74) is 2.16. The van der Waals surface area contributed by atoms with Crippen LogP contribution in [0.15, 0.2) is 57.9 Å². The summed E-state index contributed by atoms with van der Waals surface area (Å²) in [5.74, 6) is 0. The topological polar surface area (TPSA) is 69.7 Å². The summed E-state index contributed by atoms with van der Waals surface area (Å²) in [6, 6.07) is 14.7. The van der Waals surface area contributed by atoms with Crippen LogP contribution in [0.25, 0.3) is 0 Å². The smallest absolute Gasteiger partial charge is 0.317 e. The monoisotopic (exact) mass is 465 g/mol. The number of carbonyl (C=O) groups excluding carboxylic acids is 1. The molecule has 3 rings (SSSR count). The Bertz CT molecular complexity index is 924. The number of amides is 2. The standard InChI is InChI=1S/C20H24BrN3O3S/c1-16-5-7-19(8-6-16)28(26,27)24-13-11-23(12-14-24)20(25)22-10-9-17-3-2-4-18(21)15-17/h2-8,15H,9-14H2,1H3,(H,22,25). The van der Waals surface area contributed by atoms with Crippen LogP contribution in [-0.2, 0) is 16.4 Å². The van der Waals surface area contributed by atoms with Gasteiger partial charge in [-0.3, -0.25) is 0 Å². The molecule has 0 aromatic heterocycles. The molecule has 0 atom stereocenters. The molecule has 2 aromatic rings. The van der Waals surface area contributed by atoms with E-state index in [2.05, 4.69) is 21.2 Å². The van der Waals surface area contributed by atoms with E-state index in [9.17, 15) is 13.2 Å². The Morgan fingerprint density at radius 3 is 2.39 bits per heavy atom. The Labute approximate surface area is 174 Å². The fourth-order valence-electron chi connectivity index (χ4n) is 3.11. The van der Waals surface area contributed by atoms with Crippen molar-refractivity contribution in [1.82, 2.24) is 14.5 Å². The SMILES string of the molecule is Cc1ccc(S(=O)(=O)N2CCN(C(=O)NCCc3cccc(Br)c3)CC2)cc1. The normalized spacial score (nSPS) is 15.4. The summed E-state index contributed by atoms with van der Waals surface area (Å²) in [6.07, 6.45) is 0.743. The number of nitrogens with zero attached hydrogens (tertiary/aromatic N) is 2. The number of sulfonamides is 1. The molecule has 0 aliphatic carbocycles. The number of piperazine rings is 1. The van der Waals surface area contributed by atoms with Gasteiger partial charge in [0.2, 0.25) is 10.0 Å². The molecule has 2 aromatic carbocycles. The van der Waals surface area contributed by atoms with Crippen molar-refractivity contribution in [3.63, 3.8) is 0 Å². The van der Waals surface area contributed by atoms with Gasteiger partial charge in [0.15, 0.2) is 0 Å². The van der Waals surface area contributed by atoms with Crippen LogP contribution in [0.4, 0.5) is 4.79 Å². The van der Waals surface area contributed by atoms with Crippen LogP contribution in [0.5, 0.6) is 0 Å². The third-order valence-corrected chi connectivity index (χ3v) is 7.17. The van der Waals surface area contributed by atoms with E-state index in [0.29, 0.717) is 37.6 Å². The second kappa shape index (κ2) is 9.07. The highest BCUT2D eigenvalue weighted by Gasteiger charge is 2.29. The largest absolute Gasteiger partial charge is 0.338 e. The van der Waals surface area contributed by atoms with Crippen molar-refractivity contribution in [2.45, 2.75) is 18.2 Å². The molecule has 1 saturated heterocycles. The molecule has 8 heteroatoms. The molecule has 1 aliphatic heterocycles. The first-order chi connectivity index (χ1) is 13.4. The summed E-state index contributed by atoms with van der Waals surface area (Å²) in [5, 5.41) is 2.92. The van der Waals surface area contributed by atoms with Gasteiger partial charge in [0.25, 0.3) is 0 Å². The van der Waals surface area contributed by atoms with Crippen LogP contribution in [0.1, 0.15) is 11.1 Å². The Morgan fingerprint density at radius 2 is 1.75 bits per heavy atom. The van der Waals surface area contributed by atoms with Crippen molar-refractivity contribution in [2.24, 2.45) is 0 Å². The van der Waals surface area contributed by atoms with E-state index in [4.69, 9.17) is 0 Å².